The number of halogens is 3. The molecule has 0 radical (unpaired) electrons. The van der Waals surface area contributed by atoms with E-state index in [2.05, 4.69) is 92.5 Å². The van der Waals surface area contributed by atoms with E-state index >= 15 is 0 Å². The summed E-state index contributed by atoms with van der Waals surface area (Å²) in [6, 6.07) is 25.1. The number of aromatic nitrogens is 10. The number of benzene rings is 1. The number of H-pyrrole nitrogens is 1. The van der Waals surface area contributed by atoms with E-state index in [0.29, 0.717) is 24.1 Å². The molecule has 10 aromatic rings. The van der Waals surface area contributed by atoms with Gasteiger partial charge < -0.3 is 46.9 Å². The van der Waals surface area contributed by atoms with Gasteiger partial charge in [-0.15, -0.1) is 0 Å². The fraction of sp³-hybridized carbons (Fsp3) is 0.386. The van der Waals surface area contributed by atoms with Gasteiger partial charge in [0.05, 0.1) is 16.6 Å². The Morgan fingerprint density at radius 3 is 1.84 bits per heavy atom. The average molecular weight is 1030 g/mol. The summed E-state index contributed by atoms with van der Waals surface area (Å²) in [5.74, 6) is -0.847. The standard InChI is InChI=1S/C12H13F3N2O.C12H16N2O.3C11H14N2O/c1-18-8-4-7-17-10-6-3-2-5-9(10)16-11(17)12(13,14)15;1-14-9-10(5-4-8-15-2)11-6-3-7-13-12(11)14;1-14-8-2-6-13-7-4-10-9-12-5-3-11(10)13;1-14-7-3-4-9-8-13-11-10(9)5-2-6-12-11;1-14-9-3-7-13-8-5-10-4-2-6-12-11(10)13/h2-3,5-6H,4,7-8H2,1H3;3,6-7,9H,4-5,8H2,1-2H3;3-5,7,9H,2,6,8H2,1H3;2,5-6,8H,3-4,7H2,1H3,(H,12,13);2,4-6,8H,3,7,9H2,1H3. The number of hydrogen-bond donors (Lipinski definition) is 1. The van der Waals surface area contributed by atoms with Crippen molar-refractivity contribution in [2.75, 3.05) is 68.6 Å². The summed E-state index contributed by atoms with van der Waals surface area (Å²) in [5, 5.41) is 4.88. The highest BCUT2D eigenvalue weighted by Crippen LogP contribution is 2.31. The minimum absolute atomic E-state index is 0.239. The monoisotopic (exact) mass is 1030 g/mol. The van der Waals surface area contributed by atoms with Crippen LogP contribution in [0.15, 0.2) is 135 Å². The Balaban J connectivity index is 0.000000153. The van der Waals surface area contributed by atoms with Crippen molar-refractivity contribution in [1.29, 1.82) is 0 Å². The SMILES string of the molecule is COCCCc1c[nH]c2ncccc12.COCCCc1cn(C)c2ncccc12.COCCCn1c(C(F)(F)F)nc2ccccc21.COCCCn1ccc2cccnc21.COCCCn1ccc2cnccc21. The van der Waals surface area contributed by atoms with E-state index in [9.17, 15) is 13.2 Å². The zero-order valence-electron chi connectivity index (χ0n) is 44.0. The van der Waals surface area contributed by atoms with Gasteiger partial charge in [-0.3, -0.25) is 4.98 Å². The Bertz CT molecular complexity index is 3010. The number of hydrogen-bond acceptors (Lipinski definition) is 10. The Morgan fingerprint density at radius 2 is 1.13 bits per heavy atom. The number of methoxy groups -OCH3 is 5. The quantitative estimate of drug-likeness (QED) is 0.0732. The molecule has 0 spiro atoms. The molecule has 9 heterocycles. The number of rotatable bonds is 20. The molecule has 1 N–H and O–H groups in total. The number of ether oxygens (including phenoxy) is 5. The van der Waals surface area contributed by atoms with Crippen molar-refractivity contribution >= 4 is 55.0 Å². The first-order chi connectivity index (χ1) is 36.6. The van der Waals surface area contributed by atoms with Crippen molar-refractivity contribution in [1.82, 2.24) is 48.2 Å². The summed E-state index contributed by atoms with van der Waals surface area (Å²) >= 11 is 0. The molecule has 1 aromatic carbocycles. The third kappa shape index (κ3) is 16.8. The summed E-state index contributed by atoms with van der Waals surface area (Å²) in [5.41, 5.74) is 7.88. The van der Waals surface area contributed by atoms with Crippen LogP contribution in [-0.4, -0.2) is 117 Å². The van der Waals surface area contributed by atoms with Gasteiger partial charge in [-0.2, -0.15) is 13.2 Å². The maximum absolute atomic E-state index is 12.9. The summed E-state index contributed by atoms with van der Waals surface area (Å²) in [4.78, 5) is 23.9. The summed E-state index contributed by atoms with van der Waals surface area (Å²) in [6.45, 7) is 5.86. The molecule has 15 nitrogen and oxygen atoms in total. The van der Waals surface area contributed by atoms with Crippen molar-refractivity contribution < 1.29 is 36.9 Å². The summed E-state index contributed by atoms with van der Waals surface area (Å²) in [6.07, 6.45) is 19.9. The van der Waals surface area contributed by atoms with Gasteiger partial charge in [0.15, 0.2) is 0 Å². The molecule has 18 heteroatoms. The van der Waals surface area contributed by atoms with Crippen molar-refractivity contribution in [2.24, 2.45) is 7.05 Å². The van der Waals surface area contributed by atoms with Crippen LogP contribution in [0.4, 0.5) is 13.2 Å². The molecule has 0 bridgehead atoms. The highest BCUT2D eigenvalue weighted by molar-refractivity contribution is 5.81. The molecule has 0 saturated heterocycles. The zero-order valence-corrected chi connectivity index (χ0v) is 44.0. The normalized spacial score (nSPS) is 11.3. The molecule has 400 valence electrons. The van der Waals surface area contributed by atoms with Gasteiger partial charge in [0, 0.05) is 173 Å². The summed E-state index contributed by atoms with van der Waals surface area (Å²) in [7, 11) is 10.5. The van der Waals surface area contributed by atoms with Gasteiger partial charge in [0.2, 0.25) is 5.82 Å². The van der Waals surface area contributed by atoms with Gasteiger partial charge in [-0.25, -0.2) is 19.9 Å². The van der Waals surface area contributed by atoms with E-state index in [1.807, 2.05) is 62.3 Å². The van der Waals surface area contributed by atoms with E-state index in [1.54, 1.807) is 58.9 Å². The number of nitrogens with one attached hydrogen (secondary N) is 1. The molecule has 0 amide bonds. The number of fused-ring (bicyclic) bond motifs is 5. The van der Waals surface area contributed by atoms with Gasteiger partial charge in [-0.05, 0) is 123 Å². The van der Waals surface area contributed by atoms with Crippen LogP contribution in [0.25, 0.3) is 55.0 Å². The molecular formula is C57H71F3N10O5. The molecule has 0 fully saturated rings. The van der Waals surface area contributed by atoms with Crippen LogP contribution in [-0.2, 0) is 69.4 Å². The fourth-order valence-electron chi connectivity index (χ4n) is 8.61. The van der Waals surface area contributed by atoms with Crippen LogP contribution in [0.3, 0.4) is 0 Å². The molecule has 10 rings (SSSR count). The smallest absolute Gasteiger partial charge is 0.385 e. The van der Waals surface area contributed by atoms with E-state index in [1.165, 1.54) is 49.9 Å². The second kappa shape index (κ2) is 30.4. The third-order valence-electron chi connectivity index (χ3n) is 12.2. The Labute approximate surface area is 436 Å². The van der Waals surface area contributed by atoms with E-state index in [4.69, 9.17) is 23.7 Å². The number of alkyl halides is 3. The average Bonchev–Trinajstić information content (AvgIpc) is 4.28. The predicted molar refractivity (Wildman–Crippen MR) is 291 cm³/mol. The number of aryl methyl sites for hydroxylation is 6. The molecule has 0 saturated carbocycles. The molecule has 75 heavy (non-hydrogen) atoms. The molecule has 0 aliphatic carbocycles. The van der Waals surface area contributed by atoms with Crippen LogP contribution < -0.4 is 0 Å². The summed E-state index contributed by atoms with van der Waals surface area (Å²) < 4.78 is 71.3. The van der Waals surface area contributed by atoms with Crippen LogP contribution in [0.5, 0.6) is 0 Å². The van der Waals surface area contributed by atoms with Crippen molar-refractivity contribution in [3.63, 3.8) is 0 Å². The number of pyridine rings is 4. The van der Waals surface area contributed by atoms with Crippen LogP contribution in [0.2, 0.25) is 0 Å². The highest BCUT2D eigenvalue weighted by Gasteiger charge is 2.37. The fourth-order valence-corrected chi connectivity index (χ4v) is 8.61. The first-order valence-electron chi connectivity index (χ1n) is 25.2. The lowest BCUT2D eigenvalue weighted by molar-refractivity contribution is -0.147. The van der Waals surface area contributed by atoms with Gasteiger partial charge in [-0.1, -0.05) is 12.1 Å². The largest absolute Gasteiger partial charge is 0.449 e. The maximum Gasteiger partial charge on any atom is 0.449 e. The van der Waals surface area contributed by atoms with Crippen molar-refractivity contribution in [2.45, 2.75) is 70.8 Å². The van der Waals surface area contributed by atoms with Gasteiger partial charge >= 0.3 is 6.18 Å². The van der Waals surface area contributed by atoms with Gasteiger partial charge in [0.1, 0.15) is 16.9 Å². The Morgan fingerprint density at radius 1 is 0.547 bits per heavy atom. The maximum atomic E-state index is 12.9. The number of aromatic amines is 1. The van der Waals surface area contributed by atoms with Gasteiger partial charge in [0.25, 0.3) is 0 Å². The van der Waals surface area contributed by atoms with Crippen LogP contribution in [0, 0.1) is 0 Å². The second-order valence-corrected chi connectivity index (χ2v) is 17.5. The third-order valence-corrected chi connectivity index (χ3v) is 12.2. The van der Waals surface area contributed by atoms with E-state index in [-0.39, 0.29) is 6.54 Å². The molecule has 0 unspecified atom stereocenters. The van der Waals surface area contributed by atoms with Crippen molar-refractivity contribution in [3.05, 3.63) is 152 Å². The Hall–Kier alpha value is -6.96. The lowest BCUT2D eigenvalue weighted by atomic mass is 10.1. The van der Waals surface area contributed by atoms with E-state index < -0.39 is 12.0 Å². The van der Waals surface area contributed by atoms with E-state index in [0.717, 1.165) is 95.0 Å². The number of imidazole rings is 1. The lowest BCUT2D eigenvalue weighted by Crippen LogP contribution is -2.15. The molecule has 0 aliphatic rings. The van der Waals surface area contributed by atoms with Crippen molar-refractivity contribution in [3.8, 4) is 0 Å². The predicted octanol–water partition coefficient (Wildman–Crippen LogP) is 11.5. The number of para-hydroxylation sites is 2. The first-order valence-corrected chi connectivity index (χ1v) is 25.2. The Kier molecular flexibility index (Phi) is 23.2. The zero-order chi connectivity index (χ0) is 53.3. The molecule has 0 atom stereocenters. The minimum Gasteiger partial charge on any atom is -0.385 e. The van der Waals surface area contributed by atoms with Crippen LogP contribution in [0.1, 0.15) is 49.1 Å². The molecule has 0 aliphatic heterocycles. The number of nitrogens with zero attached hydrogens (tertiary/aromatic N) is 9. The first kappa shape index (κ1) is 57.3. The molecule has 9 aromatic heterocycles. The molecular weight excluding hydrogens is 962 g/mol. The minimum atomic E-state index is -4.44. The van der Waals surface area contributed by atoms with Crippen LogP contribution >= 0.6 is 0 Å². The second-order valence-electron chi connectivity index (χ2n) is 17.5. The topological polar surface area (TPSA) is 146 Å². The highest BCUT2D eigenvalue weighted by atomic mass is 19.4. The lowest BCUT2D eigenvalue weighted by Gasteiger charge is -2.10.